The van der Waals surface area contributed by atoms with Gasteiger partial charge in [-0.1, -0.05) is 41.9 Å². The van der Waals surface area contributed by atoms with Crippen LogP contribution in [-0.4, -0.2) is 17.0 Å². The van der Waals surface area contributed by atoms with Crippen molar-refractivity contribution in [2.75, 3.05) is 5.32 Å². The molecule has 4 nitrogen and oxygen atoms in total. The lowest BCUT2D eigenvalue weighted by Gasteiger charge is -2.09. The smallest absolute Gasteiger partial charge is 0.337 e. The van der Waals surface area contributed by atoms with E-state index in [0.717, 1.165) is 5.56 Å². The summed E-state index contributed by atoms with van der Waals surface area (Å²) in [5, 5.41) is 12.0. The number of benzene rings is 2. The van der Waals surface area contributed by atoms with E-state index in [2.05, 4.69) is 5.32 Å². The van der Waals surface area contributed by atoms with Gasteiger partial charge in [0.2, 0.25) is 5.91 Å². The Hall–Kier alpha value is -2.33. The molecule has 102 valence electrons. The first-order valence-electron chi connectivity index (χ1n) is 5.93. The van der Waals surface area contributed by atoms with E-state index in [0.29, 0.717) is 5.02 Å². The molecule has 2 aromatic rings. The van der Waals surface area contributed by atoms with Gasteiger partial charge in [0.15, 0.2) is 0 Å². The second kappa shape index (κ2) is 6.21. The second-order valence-electron chi connectivity index (χ2n) is 4.21. The quantitative estimate of drug-likeness (QED) is 0.908. The molecule has 0 aliphatic heterocycles. The van der Waals surface area contributed by atoms with Gasteiger partial charge in [0.1, 0.15) is 0 Å². The molecule has 2 N–H and O–H groups in total. The van der Waals surface area contributed by atoms with Crippen molar-refractivity contribution in [1.82, 2.24) is 0 Å². The summed E-state index contributed by atoms with van der Waals surface area (Å²) in [5.41, 5.74) is 1.07. The van der Waals surface area contributed by atoms with Crippen LogP contribution in [0, 0.1) is 0 Å². The van der Waals surface area contributed by atoms with Gasteiger partial charge in [0.25, 0.3) is 0 Å². The highest BCUT2D eigenvalue weighted by Crippen LogP contribution is 2.21. The molecule has 0 radical (unpaired) electrons. The Morgan fingerprint density at radius 3 is 2.45 bits per heavy atom. The summed E-state index contributed by atoms with van der Waals surface area (Å²) < 4.78 is 0. The Bertz CT molecular complexity index is 641. The summed E-state index contributed by atoms with van der Waals surface area (Å²) in [7, 11) is 0. The molecule has 0 saturated carbocycles. The molecule has 0 saturated heterocycles. The van der Waals surface area contributed by atoms with Crippen molar-refractivity contribution in [3.05, 3.63) is 64.7 Å². The number of carboxylic acid groups (broad SMARTS) is 1. The van der Waals surface area contributed by atoms with Crippen molar-refractivity contribution in [3.63, 3.8) is 0 Å². The van der Waals surface area contributed by atoms with Crippen molar-refractivity contribution in [3.8, 4) is 0 Å². The minimum Gasteiger partial charge on any atom is -0.478 e. The van der Waals surface area contributed by atoms with Gasteiger partial charge in [-0.3, -0.25) is 4.79 Å². The molecule has 0 aromatic heterocycles. The molecule has 0 aliphatic carbocycles. The van der Waals surface area contributed by atoms with Gasteiger partial charge < -0.3 is 10.4 Å². The van der Waals surface area contributed by atoms with E-state index < -0.39 is 5.97 Å². The van der Waals surface area contributed by atoms with Crippen LogP contribution in [0.15, 0.2) is 48.5 Å². The number of amides is 1. The summed E-state index contributed by atoms with van der Waals surface area (Å²) in [4.78, 5) is 23.0. The first-order chi connectivity index (χ1) is 9.56. The third-order valence-corrected chi connectivity index (χ3v) is 2.93. The Morgan fingerprint density at radius 2 is 1.80 bits per heavy atom. The summed E-state index contributed by atoms with van der Waals surface area (Å²) in [6.07, 6.45) is 0.183. The van der Waals surface area contributed by atoms with Crippen LogP contribution in [0.3, 0.4) is 0 Å². The number of halogens is 1. The van der Waals surface area contributed by atoms with Crippen LogP contribution in [0.4, 0.5) is 5.69 Å². The highest BCUT2D eigenvalue weighted by molar-refractivity contribution is 6.31. The second-order valence-corrected chi connectivity index (χ2v) is 4.64. The Labute approximate surface area is 121 Å². The van der Waals surface area contributed by atoms with Crippen LogP contribution in [0.5, 0.6) is 0 Å². The molecule has 2 rings (SSSR count). The average molecular weight is 290 g/mol. The minimum atomic E-state index is -1.14. The maximum absolute atomic E-state index is 11.9. The number of hydrogen-bond donors (Lipinski definition) is 2. The van der Waals surface area contributed by atoms with E-state index in [9.17, 15) is 9.59 Å². The first-order valence-corrected chi connectivity index (χ1v) is 6.30. The molecule has 0 heterocycles. The number of carbonyl (C=O) groups excluding carboxylic acids is 1. The lowest BCUT2D eigenvalue weighted by molar-refractivity contribution is -0.115. The lowest BCUT2D eigenvalue weighted by atomic mass is 10.1. The SMILES string of the molecule is O=C(Cc1ccccc1)Nc1ccc(Cl)cc1C(=O)O. The normalized spacial score (nSPS) is 10.1. The average Bonchev–Trinajstić information content (AvgIpc) is 2.41. The number of rotatable bonds is 4. The first kappa shape index (κ1) is 14.1. The van der Waals surface area contributed by atoms with Gasteiger partial charge in [-0.2, -0.15) is 0 Å². The monoisotopic (exact) mass is 289 g/mol. The topological polar surface area (TPSA) is 66.4 Å². The Morgan fingerprint density at radius 1 is 1.10 bits per heavy atom. The molecule has 0 atom stereocenters. The molecule has 0 bridgehead atoms. The lowest BCUT2D eigenvalue weighted by Crippen LogP contribution is -2.16. The van der Waals surface area contributed by atoms with E-state index in [1.165, 1.54) is 18.2 Å². The summed E-state index contributed by atoms with van der Waals surface area (Å²) >= 11 is 5.75. The van der Waals surface area contributed by atoms with Crippen LogP contribution in [0.2, 0.25) is 5.02 Å². The van der Waals surface area contributed by atoms with E-state index in [1.54, 1.807) is 0 Å². The van der Waals surface area contributed by atoms with Crippen molar-refractivity contribution in [2.45, 2.75) is 6.42 Å². The zero-order valence-electron chi connectivity index (χ0n) is 10.5. The van der Waals surface area contributed by atoms with Crippen LogP contribution in [0.1, 0.15) is 15.9 Å². The summed E-state index contributed by atoms with van der Waals surface area (Å²) in [5.74, 6) is -1.41. The molecular weight excluding hydrogens is 278 g/mol. The Kier molecular flexibility index (Phi) is 4.38. The number of carboxylic acids is 1. The number of nitrogens with one attached hydrogen (secondary N) is 1. The van der Waals surface area contributed by atoms with Crippen molar-refractivity contribution < 1.29 is 14.7 Å². The van der Waals surface area contributed by atoms with Gasteiger partial charge in [0, 0.05) is 5.02 Å². The molecule has 2 aromatic carbocycles. The number of hydrogen-bond acceptors (Lipinski definition) is 2. The van der Waals surface area contributed by atoms with E-state index in [1.807, 2.05) is 30.3 Å². The summed E-state index contributed by atoms with van der Waals surface area (Å²) in [6, 6.07) is 13.5. The molecule has 5 heteroatoms. The fourth-order valence-electron chi connectivity index (χ4n) is 1.78. The van der Waals surface area contributed by atoms with Crippen LogP contribution in [-0.2, 0) is 11.2 Å². The van der Waals surface area contributed by atoms with Gasteiger partial charge in [0.05, 0.1) is 17.7 Å². The van der Waals surface area contributed by atoms with Gasteiger partial charge in [-0.05, 0) is 23.8 Å². The number of carbonyl (C=O) groups is 2. The van der Waals surface area contributed by atoms with Crippen LogP contribution >= 0.6 is 11.6 Å². The van der Waals surface area contributed by atoms with Gasteiger partial charge in [-0.15, -0.1) is 0 Å². The van der Waals surface area contributed by atoms with Crippen molar-refractivity contribution in [1.29, 1.82) is 0 Å². The predicted molar refractivity (Wildman–Crippen MR) is 77.2 cm³/mol. The summed E-state index contributed by atoms with van der Waals surface area (Å²) in [6.45, 7) is 0. The van der Waals surface area contributed by atoms with Crippen LogP contribution in [0.25, 0.3) is 0 Å². The number of anilines is 1. The predicted octanol–water partition coefficient (Wildman–Crippen LogP) is 3.22. The van der Waals surface area contributed by atoms with E-state index in [4.69, 9.17) is 16.7 Å². The number of aromatic carboxylic acids is 1. The highest BCUT2D eigenvalue weighted by atomic mass is 35.5. The molecule has 0 aliphatic rings. The highest BCUT2D eigenvalue weighted by Gasteiger charge is 2.13. The van der Waals surface area contributed by atoms with Crippen LogP contribution < -0.4 is 5.32 Å². The van der Waals surface area contributed by atoms with Gasteiger partial charge >= 0.3 is 5.97 Å². The molecule has 1 amide bonds. The van der Waals surface area contributed by atoms with Crippen molar-refractivity contribution in [2.24, 2.45) is 0 Å². The zero-order chi connectivity index (χ0) is 14.5. The standard InChI is InChI=1S/C15H12ClNO3/c16-11-6-7-13(12(9-11)15(19)20)17-14(18)8-10-4-2-1-3-5-10/h1-7,9H,8H2,(H,17,18)(H,19,20). The zero-order valence-corrected chi connectivity index (χ0v) is 11.2. The van der Waals surface area contributed by atoms with E-state index in [-0.39, 0.29) is 23.6 Å². The fraction of sp³-hybridized carbons (Fsp3) is 0.0667. The third-order valence-electron chi connectivity index (χ3n) is 2.69. The molecule has 0 spiro atoms. The fourth-order valence-corrected chi connectivity index (χ4v) is 1.95. The Balaban J connectivity index is 2.14. The largest absolute Gasteiger partial charge is 0.478 e. The van der Waals surface area contributed by atoms with E-state index >= 15 is 0 Å². The molecule has 20 heavy (non-hydrogen) atoms. The molecule has 0 unspecified atom stereocenters. The molecule has 0 fully saturated rings. The third kappa shape index (κ3) is 3.59. The maximum atomic E-state index is 11.9. The van der Waals surface area contributed by atoms with Gasteiger partial charge in [-0.25, -0.2) is 4.79 Å². The minimum absolute atomic E-state index is 0.0288. The maximum Gasteiger partial charge on any atom is 0.337 e. The molecular formula is C15H12ClNO3. The van der Waals surface area contributed by atoms with Crippen molar-refractivity contribution >= 4 is 29.2 Å².